The van der Waals surface area contributed by atoms with Crippen molar-refractivity contribution in [2.24, 2.45) is 0 Å². The van der Waals surface area contributed by atoms with E-state index in [4.69, 9.17) is 11.2 Å². The Hall–Kier alpha value is -3.94. The van der Waals surface area contributed by atoms with Crippen LogP contribution in [0.5, 0.6) is 0 Å². The Morgan fingerprint density at radius 3 is 1.94 bits per heavy atom. The number of terminal acetylenes is 1. The van der Waals surface area contributed by atoms with Crippen LogP contribution in [-0.4, -0.2) is 5.97 Å². The molecule has 0 saturated carbocycles. The van der Waals surface area contributed by atoms with E-state index in [2.05, 4.69) is 54.5 Å². The summed E-state index contributed by atoms with van der Waals surface area (Å²) < 4.78 is 21.5. The van der Waals surface area contributed by atoms with Gasteiger partial charge in [0.25, 0.3) is 0 Å². The van der Waals surface area contributed by atoms with Gasteiger partial charge in [0.2, 0.25) is 0 Å². The molecule has 5 rings (SSSR count). The molecule has 2 nitrogen and oxygen atoms in total. The van der Waals surface area contributed by atoms with Gasteiger partial charge in [0.15, 0.2) is 19.9 Å². The van der Waals surface area contributed by atoms with Crippen LogP contribution in [0.2, 0.25) is 0 Å². The van der Waals surface area contributed by atoms with Gasteiger partial charge in [0.1, 0.15) is 5.82 Å². The molecule has 0 amide bonds. The molecular weight excluding hydrogens is 431 g/mol. The van der Waals surface area contributed by atoms with E-state index >= 15 is 0 Å². The van der Waals surface area contributed by atoms with Crippen molar-refractivity contribution < 1.29 is 13.9 Å². The molecule has 0 N–H and O–H groups in total. The summed E-state index contributed by atoms with van der Waals surface area (Å²) in [5.41, 5.74) is -0.349. The predicted molar refractivity (Wildman–Crippen MR) is 133 cm³/mol. The average molecular weight is 452 g/mol. The van der Waals surface area contributed by atoms with Crippen molar-refractivity contribution in [2.75, 3.05) is 0 Å². The van der Waals surface area contributed by atoms with Crippen molar-refractivity contribution in [3.63, 3.8) is 0 Å². The van der Waals surface area contributed by atoms with Crippen molar-refractivity contribution in [2.45, 2.75) is 12.5 Å². The van der Waals surface area contributed by atoms with Gasteiger partial charge >= 0.3 is 5.97 Å². The monoisotopic (exact) mass is 451 g/mol. The van der Waals surface area contributed by atoms with Crippen molar-refractivity contribution in [3.05, 3.63) is 114 Å². The largest absolute Gasteiger partial charge is 0.438 e. The fourth-order valence-corrected chi connectivity index (χ4v) is 6.40. The minimum absolute atomic E-state index is 0.235. The van der Waals surface area contributed by atoms with Crippen LogP contribution in [0.3, 0.4) is 0 Å². The number of benzene rings is 4. The first-order chi connectivity index (χ1) is 16.0. The van der Waals surface area contributed by atoms with Gasteiger partial charge in [-0.1, -0.05) is 42.3 Å². The maximum atomic E-state index is 13.3. The number of hydrogen-bond donors (Lipinski definition) is 0. The van der Waals surface area contributed by atoms with E-state index in [1.807, 2.05) is 12.1 Å². The van der Waals surface area contributed by atoms with E-state index < -0.39 is 11.6 Å². The number of esters is 1. The summed E-state index contributed by atoms with van der Waals surface area (Å²) in [7, 11) is -0.235. The highest BCUT2D eigenvalue weighted by Crippen LogP contribution is 2.48. The molecule has 33 heavy (non-hydrogen) atoms. The molecule has 0 fully saturated rings. The summed E-state index contributed by atoms with van der Waals surface area (Å²) in [6.07, 6.45) is 5.68. The predicted octanol–water partition coefficient (Wildman–Crippen LogP) is 7.58. The van der Waals surface area contributed by atoms with E-state index in [9.17, 15) is 9.18 Å². The SMILES string of the molecule is C#CC(C)(OC(=O)c1ccc(-[s+]2c3ccccc3c3ccccc32)cc1)c1ccc(F)cc1. The van der Waals surface area contributed by atoms with Gasteiger partial charge < -0.3 is 4.74 Å². The van der Waals surface area contributed by atoms with Crippen LogP contribution in [0.1, 0.15) is 22.8 Å². The fourth-order valence-electron chi connectivity index (χ4n) is 4.02. The van der Waals surface area contributed by atoms with Gasteiger partial charge in [-0.2, -0.15) is 0 Å². The second-order valence-corrected chi connectivity index (χ2v) is 9.86. The van der Waals surface area contributed by atoms with Gasteiger partial charge in [-0.05, 0) is 67.6 Å². The highest BCUT2D eigenvalue weighted by molar-refractivity contribution is 7.50. The molecule has 0 spiro atoms. The topological polar surface area (TPSA) is 26.3 Å². The minimum atomic E-state index is -1.30. The molecule has 4 aromatic carbocycles. The number of ether oxygens (including phenoxy) is 1. The van der Waals surface area contributed by atoms with Gasteiger partial charge in [-0.3, -0.25) is 0 Å². The molecule has 0 saturated heterocycles. The lowest BCUT2D eigenvalue weighted by Crippen LogP contribution is -2.27. The molecule has 0 aliphatic rings. The van der Waals surface area contributed by atoms with Crippen LogP contribution in [0.4, 0.5) is 4.39 Å². The van der Waals surface area contributed by atoms with Gasteiger partial charge in [0, 0.05) is 26.8 Å². The minimum Gasteiger partial charge on any atom is -0.438 e. The Morgan fingerprint density at radius 1 is 0.848 bits per heavy atom. The van der Waals surface area contributed by atoms with Crippen molar-refractivity contribution in [1.29, 1.82) is 0 Å². The zero-order chi connectivity index (χ0) is 23.0. The van der Waals surface area contributed by atoms with Crippen molar-refractivity contribution >= 4 is 36.6 Å². The third kappa shape index (κ3) is 3.67. The molecule has 1 aromatic heterocycles. The van der Waals surface area contributed by atoms with E-state index in [0.717, 1.165) is 4.90 Å². The molecule has 0 aliphatic heterocycles. The van der Waals surface area contributed by atoms with Gasteiger partial charge in [-0.25, -0.2) is 9.18 Å². The second-order valence-electron chi connectivity index (χ2n) is 7.90. The smallest absolute Gasteiger partial charge is 0.339 e. The summed E-state index contributed by atoms with van der Waals surface area (Å²) in [5.74, 6) is 1.62. The van der Waals surface area contributed by atoms with Crippen LogP contribution in [0, 0.1) is 18.2 Å². The van der Waals surface area contributed by atoms with Crippen LogP contribution in [-0.2, 0) is 10.3 Å². The van der Waals surface area contributed by atoms with E-state index in [1.165, 1.54) is 44.4 Å². The maximum Gasteiger partial charge on any atom is 0.339 e. The first kappa shape index (κ1) is 20.9. The van der Waals surface area contributed by atoms with Crippen LogP contribution >= 0.6 is 10.5 Å². The molecule has 0 radical (unpaired) electrons. The standard InChI is InChI=1S/C29H20FO2S/c1-3-29(2,21-14-16-22(30)17-15-21)32-28(31)20-12-18-23(19-13-20)33-26-10-6-4-8-24(26)25-9-5-7-11-27(25)33/h1,4-19H,2H3/q+1. The summed E-state index contributed by atoms with van der Waals surface area (Å²) in [5, 5.41) is 2.51. The molecule has 0 bridgehead atoms. The summed E-state index contributed by atoms with van der Waals surface area (Å²) in [6, 6.07) is 30.0. The third-order valence-electron chi connectivity index (χ3n) is 5.80. The lowest BCUT2D eigenvalue weighted by molar-refractivity contribution is 0.0129. The number of fused-ring (bicyclic) bond motifs is 3. The first-order valence-electron chi connectivity index (χ1n) is 10.5. The normalized spacial score (nSPS) is 12.9. The van der Waals surface area contributed by atoms with Gasteiger partial charge in [0.05, 0.1) is 5.56 Å². The third-order valence-corrected chi connectivity index (χ3v) is 8.13. The second kappa shape index (κ2) is 8.20. The number of carbonyl (C=O) groups is 1. The average Bonchev–Trinajstić information content (AvgIpc) is 3.19. The summed E-state index contributed by atoms with van der Waals surface area (Å²) >= 11 is 0. The van der Waals surface area contributed by atoms with Crippen LogP contribution < -0.4 is 0 Å². The first-order valence-corrected chi connectivity index (χ1v) is 11.7. The van der Waals surface area contributed by atoms with Crippen molar-refractivity contribution in [3.8, 4) is 17.2 Å². The number of carbonyl (C=O) groups excluding carboxylic acids is 1. The fraction of sp³-hybridized carbons (Fsp3) is 0.0690. The molecule has 0 aliphatic carbocycles. The quantitative estimate of drug-likeness (QED) is 0.160. The number of rotatable bonds is 4. The van der Waals surface area contributed by atoms with Crippen molar-refractivity contribution in [1.82, 2.24) is 0 Å². The molecule has 4 heteroatoms. The molecule has 1 unspecified atom stereocenters. The van der Waals surface area contributed by atoms with Crippen LogP contribution in [0.15, 0.2) is 97.1 Å². The Morgan fingerprint density at radius 2 is 1.39 bits per heavy atom. The number of hydrogen-bond acceptors (Lipinski definition) is 2. The highest BCUT2D eigenvalue weighted by Gasteiger charge is 2.30. The van der Waals surface area contributed by atoms with Crippen LogP contribution in [0.25, 0.3) is 25.1 Å². The molecule has 160 valence electrons. The summed E-state index contributed by atoms with van der Waals surface area (Å²) in [6.45, 7) is 1.63. The Labute approximate surface area is 194 Å². The molecule has 5 aromatic rings. The maximum absolute atomic E-state index is 13.3. The van der Waals surface area contributed by atoms with E-state index in [1.54, 1.807) is 19.1 Å². The Balaban J connectivity index is 1.48. The molecular formula is C29H20FO2S+. The number of halogens is 1. The lowest BCUT2D eigenvalue weighted by Gasteiger charge is -2.24. The summed E-state index contributed by atoms with van der Waals surface area (Å²) in [4.78, 5) is 14.0. The molecule has 1 atom stereocenters. The van der Waals surface area contributed by atoms with E-state index in [0.29, 0.717) is 11.1 Å². The van der Waals surface area contributed by atoms with E-state index in [-0.39, 0.29) is 16.3 Å². The Kier molecular flexibility index (Phi) is 5.20. The lowest BCUT2D eigenvalue weighted by atomic mass is 9.96. The van der Waals surface area contributed by atoms with Gasteiger partial charge in [-0.15, -0.1) is 6.42 Å². The Bertz CT molecular complexity index is 1470. The zero-order valence-corrected chi connectivity index (χ0v) is 18.7. The molecule has 1 heterocycles. The number of thiophene rings is 1. The highest BCUT2D eigenvalue weighted by atomic mass is 32.2. The zero-order valence-electron chi connectivity index (χ0n) is 17.9.